The Morgan fingerprint density at radius 1 is 1.35 bits per heavy atom. The summed E-state index contributed by atoms with van der Waals surface area (Å²) in [5, 5.41) is 2.56. The van der Waals surface area contributed by atoms with Crippen LogP contribution in [0.1, 0.15) is 33.1 Å². The number of rotatable bonds is 8. The minimum atomic E-state index is -0.591. The number of esters is 1. The first-order chi connectivity index (χ1) is 7.97. The molecule has 1 amide bonds. The number of amides is 1. The van der Waals surface area contributed by atoms with Crippen LogP contribution in [-0.4, -0.2) is 35.0 Å². The molecular formula is C10H18Cl2N2O3. The van der Waals surface area contributed by atoms with E-state index in [4.69, 9.17) is 28.3 Å². The second-order valence-electron chi connectivity index (χ2n) is 3.53. The van der Waals surface area contributed by atoms with Gasteiger partial charge in [0.25, 0.3) is 0 Å². The van der Waals surface area contributed by atoms with Gasteiger partial charge < -0.3 is 10.1 Å². The molecule has 0 aliphatic rings. The number of halogens is 2. The Labute approximate surface area is 112 Å². The predicted molar refractivity (Wildman–Crippen MR) is 66.5 cm³/mol. The van der Waals surface area contributed by atoms with Gasteiger partial charge in [0.2, 0.25) is 5.91 Å². The lowest BCUT2D eigenvalue weighted by atomic mass is 10.1. The van der Waals surface area contributed by atoms with E-state index in [-0.39, 0.29) is 5.91 Å². The van der Waals surface area contributed by atoms with Crippen LogP contribution in [0.3, 0.4) is 0 Å². The lowest BCUT2D eigenvalue weighted by Gasteiger charge is -2.16. The van der Waals surface area contributed by atoms with Crippen LogP contribution in [0.15, 0.2) is 0 Å². The summed E-state index contributed by atoms with van der Waals surface area (Å²) in [7, 11) is 0. The molecule has 1 N–H and O–H groups in total. The van der Waals surface area contributed by atoms with Crippen molar-refractivity contribution >= 4 is 35.4 Å². The predicted octanol–water partition coefficient (Wildman–Crippen LogP) is 1.83. The van der Waals surface area contributed by atoms with Gasteiger partial charge in [0.05, 0.1) is 6.61 Å². The van der Waals surface area contributed by atoms with E-state index in [0.717, 1.165) is 16.8 Å². The van der Waals surface area contributed by atoms with Crippen molar-refractivity contribution in [3.8, 4) is 0 Å². The summed E-state index contributed by atoms with van der Waals surface area (Å²) in [6.45, 7) is 3.90. The maximum atomic E-state index is 11.5. The van der Waals surface area contributed by atoms with Crippen LogP contribution in [-0.2, 0) is 14.3 Å². The maximum absolute atomic E-state index is 11.5. The molecule has 5 nitrogen and oxygen atoms in total. The molecule has 0 aromatic heterocycles. The van der Waals surface area contributed by atoms with Crippen LogP contribution in [0, 0.1) is 0 Å². The van der Waals surface area contributed by atoms with E-state index in [1.165, 1.54) is 6.92 Å². The van der Waals surface area contributed by atoms with Crippen molar-refractivity contribution in [3.05, 3.63) is 0 Å². The molecule has 0 fully saturated rings. The molecule has 1 atom stereocenters. The first-order valence-corrected chi connectivity index (χ1v) is 6.17. The van der Waals surface area contributed by atoms with Gasteiger partial charge in [-0.25, -0.2) is 4.79 Å². The summed E-state index contributed by atoms with van der Waals surface area (Å²) in [5.41, 5.74) is 0. The zero-order valence-corrected chi connectivity index (χ0v) is 11.6. The Morgan fingerprint density at radius 3 is 2.47 bits per heavy atom. The molecule has 0 saturated heterocycles. The van der Waals surface area contributed by atoms with E-state index < -0.39 is 12.0 Å². The topological polar surface area (TPSA) is 58.6 Å². The average molecular weight is 285 g/mol. The molecule has 0 heterocycles. The molecule has 0 radical (unpaired) electrons. The van der Waals surface area contributed by atoms with Crippen LogP contribution in [0.4, 0.5) is 0 Å². The minimum absolute atomic E-state index is 0.251. The number of nitrogens with one attached hydrogen (secondary N) is 1. The highest BCUT2D eigenvalue weighted by molar-refractivity contribution is 6.33. The molecular weight excluding hydrogens is 267 g/mol. The van der Waals surface area contributed by atoms with Gasteiger partial charge in [0, 0.05) is 13.5 Å². The van der Waals surface area contributed by atoms with Crippen molar-refractivity contribution in [3.63, 3.8) is 0 Å². The Bertz CT molecular complexity index is 250. The van der Waals surface area contributed by atoms with Gasteiger partial charge in [-0.3, -0.25) is 4.79 Å². The molecule has 0 spiro atoms. The smallest absolute Gasteiger partial charge is 0.328 e. The van der Waals surface area contributed by atoms with E-state index >= 15 is 0 Å². The Balaban J connectivity index is 4.01. The number of ether oxygens (including phenoxy) is 1. The van der Waals surface area contributed by atoms with Crippen molar-refractivity contribution in [2.75, 3.05) is 13.2 Å². The van der Waals surface area contributed by atoms with E-state index in [1.807, 2.05) is 0 Å². The maximum Gasteiger partial charge on any atom is 0.328 e. The van der Waals surface area contributed by atoms with Crippen molar-refractivity contribution < 1.29 is 14.3 Å². The van der Waals surface area contributed by atoms with Gasteiger partial charge in [-0.15, -0.1) is 3.94 Å². The highest BCUT2D eigenvalue weighted by atomic mass is 35.5. The zero-order chi connectivity index (χ0) is 13.3. The first-order valence-electron chi connectivity index (χ1n) is 5.50. The van der Waals surface area contributed by atoms with Crippen molar-refractivity contribution in [2.24, 2.45) is 0 Å². The molecule has 0 unspecified atom stereocenters. The molecule has 7 heteroatoms. The molecule has 0 aliphatic heterocycles. The van der Waals surface area contributed by atoms with E-state index in [9.17, 15) is 9.59 Å². The summed E-state index contributed by atoms with van der Waals surface area (Å²) in [5.74, 6) is -0.657. The van der Waals surface area contributed by atoms with Crippen molar-refractivity contribution in [1.82, 2.24) is 9.25 Å². The summed E-state index contributed by atoms with van der Waals surface area (Å²) in [4.78, 5) is 22.4. The lowest BCUT2D eigenvalue weighted by molar-refractivity contribution is -0.147. The van der Waals surface area contributed by atoms with Crippen LogP contribution in [0.2, 0.25) is 0 Å². The number of hydrogen-bond acceptors (Lipinski definition) is 4. The minimum Gasteiger partial charge on any atom is -0.464 e. The normalized spacial score (nSPS) is 12.3. The van der Waals surface area contributed by atoms with E-state index in [2.05, 4.69) is 5.32 Å². The van der Waals surface area contributed by atoms with Gasteiger partial charge in [0.1, 0.15) is 6.04 Å². The van der Waals surface area contributed by atoms with Crippen LogP contribution >= 0.6 is 23.6 Å². The second kappa shape index (κ2) is 9.50. The highest BCUT2D eigenvalue weighted by Crippen LogP contribution is 2.07. The quantitative estimate of drug-likeness (QED) is 0.420. The SMILES string of the molecule is CCOC(=O)[C@H](CCCCN(Cl)Cl)NC(C)=O. The summed E-state index contributed by atoms with van der Waals surface area (Å²) in [6, 6.07) is -0.591. The molecule has 0 bridgehead atoms. The van der Waals surface area contributed by atoms with Crippen LogP contribution in [0.5, 0.6) is 0 Å². The summed E-state index contributed by atoms with van der Waals surface area (Å²) >= 11 is 10.9. The van der Waals surface area contributed by atoms with E-state index in [1.54, 1.807) is 6.92 Å². The molecule has 0 aromatic carbocycles. The molecule has 0 rings (SSSR count). The largest absolute Gasteiger partial charge is 0.464 e. The standard InChI is InChI=1S/C10H18Cl2N2O3/c1-3-17-10(16)9(13-8(2)15)6-4-5-7-14(11)12/h9H,3-7H2,1-2H3,(H,13,15)/t9-/m0/s1. The van der Waals surface area contributed by atoms with Gasteiger partial charge in [-0.05, 0) is 49.7 Å². The van der Waals surface area contributed by atoms with Gasteiger partial charge in [-0.2, -0.15) is 0 Å². The second-order valence-corrected chi connectivity index (χ2v) is 4.52. The Hall–Kier alpha value is -0.520. The van der Waals surface area contributed by atoms with Crippen molar-refractivity contribution in [1.29, 1.82) is 0 Å². The number of nitrogens with zero attached hydrogens (tertiary/aromatic N) is 1. The van der Waals surface area contributed by atoms with Crippen LogP contribution < -0.4 is 5.32 Å². The fourth-order valence-electron chi connectivity index (χ4n) is 1.32. The van der Waals surface area contributed by atoms with Crippen LogP contribution in [0.25, 0.3) is 0 Å². The van der Waals surface area contributed by atoms with Gasteiger partial charge in [-0.1, -0.05) is 0 Å². The summed E-state index contributed by atoms with van der Waals surface area (Å²) in [6.07, 6.45) is 1.97. The third-order valence-corrected chi connectivity index (χ3v) is 2.36. The number of unbranched alkanes of at least 4 members (excludes halogenated alkanes) is 1. The zero-order valence-electron chi connectivity index (χ0n) is 10.0. The first kappa shape index (κ1) is 16.5. The fourth-order valence-corrected chi connectivity index (χ4v) is 1.56. The lowest BCUT2D eigenvalue weighted by Crippen LogP contribution is -2.40. The average Bonchev–Trinajstić information content (AvgIpc) is 2.22. The van der Waals surface area contributed by atoms with Gasteiger partial charge in [0.15, 0.2) is 0 Å². The highest BCUT2D eigenvalue weighted by Gasteiger charge is 2.19. The molecule has 17 heavy (non-hydrogen) atoms. The molecule has 0 aliphatic carbocycles. The monoisotopic (exact) mass is 284 g/mol. The Kier molecular flexibility index (Phi) is 9.21. The Morgan fingerprint density at radius 2 is 2.00 bits per heavy atom. The molecule has 0 aromatic rings. The molecule has 0 saturated carbocycles. The fraction of sp³-hybridized carbons (Fsp3) is 0.800. The number of hydrogen-bond donors (Lipinski definition) is 1. The number of carbonyl (C=O) groups excluding carboxylic acids is 2. The molecule has 100 valence electrons. The van der Waals surface area contributed by atoms with Crippen molar-refractivity contribution in [2.45, 2.75) is 39.2 Å². The van der Waals surface area contributed by atoms with Gasteiger partial charge >= 0.3 is 5.97 Å². The van der Waals surface area contributed by atoms with E-state index in [0.29, 0.717) is 19.6 Å². The third kappa shape index (κ3) is 9.21. The number of carbonyl (C=O) groups is 2. The third-order valence-electron chi connectivity index (χ3n) is 2.02. The summed E-state index contributed by atoms with van der Waals surface area (Å²) < 4.78 is 5.91.